The fourth-order valence-corrected chi connectivity index (χ4v) is 2.92. The van der Waals surface area contributed by atoms with Crippen LogP contribution in [0.1, 0.15) is 32.3 Å². The monoisotopic (exact) mass is 449 g/mol. The molecule has 0 spiro atoms. The molecule has 3 rings (SSSR count). The van der Waals surface area contributed by atoms with Gasteiger partial charge in [0.2, 0.25) is 0 Å². The van der Waals surface area contributed by atoms with Gasteiger partial charge in [-0.05, 0) is 54.3 Å². The maximum Gasteiger partial charge on any atom is 0.290 e. The van der Waals surface area contributed by atoms with Gasteiger partial charge in [-0.1, -0.05) is 67.6 Å². The third-order valence-corrected chi connectivity index (χ3v) is 4.56. The van der Waals surface area contributed by atoms with Crippen LogP contribution in [0.5, 0.6) is 11.5 Å². The number of para-hydroxylation sites is 1. The Morgan fingerprint density at radius 2 is 1.85 bits per heavy atom. The molecule has 6 heteroatoms. The molecule has 0 saturated carbocycles. The van der Waals surface area contributed by atoms with Gasteiger partial charge in [-0.15, -0.1) is 0 Å². The molecule has 174 valence electrons. The molecule has 0 saturated heterocycles. The Kier molecular flexibility index (Phi) is 11.6. The Hall–Kier alpha value is -3.80. The van der Waals surface area contributed by atoms with E-state index in [0.717, 1.165) is 41.4 Å². The highest BCUT2D eigenvalue weighted by molar-refractivity contribution is 6.03. The first-order valence-electron chi connectivity index (χ1n) is 11.0. The van der Waals surface area contributed by atoms with Crippen molar-refractivity contribution in [2.75, 3.05) is 13.2 Å². The van der Waals surface area contributed by atoms with Gasteiger partial charge < -0.3 is 19.4 Å². The summed E-state index contributed by atoms with van der Waals surface area (Å²) < 4.78 is 12.0. The molecule has 2 aromatic rings. The maximum absolute atomic E-state index is 8.36. The second kappa shape index (κ2) is 15.1. The summed E-state index contributed by atoms with van der Waals surface area (Å²) in [6.07, 6.45) is 10.6. The molecule has 0 fully saturated rings. The first kappa shape index (κ1) is 25.5. The maximum atomic E-state index is 8.36. The van der Waals surface area contributed by atoms with E-state index in [0.29, 0.717) is 19.6 Å². The van der Waals surface area contributed by atoms with Crippen molar-refractivity contribution in [1.29, 1.82) is 0 Å². The smallest absolute Gasteiger partial charge is 0.290 e. The lowest BCUT2D eigenvalue weighted by molar-refractivity contribution is -0.122. The number of rotatable bonds is 10. The molecular formula is C27H31NO5. The molecule has 6 nitrogen and oxygen atoms in total. The minimum absolute atomic E-state index is 0.250. The number of carbonyl (C=O) groups is 1. The van der Waals surface area contributed by atoms with Crippen LogP contribution < -0.4 is 9.47 Å². The predicted octanol–water partition coefficient (Wildman–Crippen LogP) is 5.96. The number of ether oxygens (including phenoxy) is 2. The van der Waals surface area contributed by atoms with Crippen molar-refractivity contribution in [3.8, 4) is 11.5 Å². The molecule has 0 aliphatic heterocycles. The number of benzene rings is 2. The summed E-state index contributed by atoms with van der Waals surface area (Å²) in [6.45, 7) is 4.85. The fourth-order valence-electron chi connectivity index (χ4n) is 2.92. The van der Waals surface area contributed by atoms with E-state index in [1.807, 2.05) is 60.7 Å². The van der Waals surface area contributed by atoms with Crippen LogP contribution in [0.3, 0.4) is 0 Å². The number of oxime groups is 1. The lowest BCUT2D eigenvalue weighted by atomic mass is 10.1. The van der Waals surface area contributed by atoms with Gasteiger partial charge in [0.25, 0.3) is 6.47 Å². The summed E-state index contributed by atoms with van der Waals surface area (Å²) in [5.41, 5.74) is 2.98. The Labute approximate surface area is 195 Å². The third-order valence-electron chi connectivity index (χ3n) is 4.56. The highest BCUT2D eigenvalue weighted by Gasteiger charge is 2.11. The Balaban J connectivity index is 0.00000122. The van der Waals surface area contributed by atoms with Crippen LogP contribution in [-0.4, -0.2) is 30.5 Å². The summed E-state index contributed by atoms with van der Waals surface area (Å²) in [4.78, 5) is 13.8. The molecule has 0 bridgehead atoms. The largest absolute Gasteiger partial charge is 0.487 e. The van der Waals surface area contributed by atoms with E-state index in [9.17, 15) is 0 Å². The Morgan fingerprint density at radius 1 is 1.09 bits per heavy atom. The lowest BCUT2D eigenvalue weighted by Gasteiger charge is -2.11. The van der Waals surface area contributed by atoms with E-state index in [2.05, 4.69) is 37.2 Å². The quantitative estimate of drug-likeness (QED) is 0.210. The van der Waals surface area contributed by atoms with E-state index in [1.54, 1.807) is 0 Å². The molecule has 1 aliphatic rings. The second-order valence-electron chi connectivity index (χ2n) is 7.04. The first-order valence-corrected chi connectivity index (χ1v) is 11.0. The van der Waals surface area contributed by atoms with Crippen LogP contribution in [-0.2, 0) is 16.1 Å². The van der Waals surface area contributed by atoms with Crippen molar-refractivity contribution in [3.05, 3.63) is 95.8 Å². The highest BCUT2D eigenvalue weighted by atomic mass is 16.6. The summed E-state index contributed by atoms with van der Waals surface area (Å²) in [5.74, 6) is 2.54. The van der Waals surface area contributed by atoms with Crippen molar-refractivity contribution in [3.63, 3.8) is 0 Å². The van der Waals surface area contributed by atoms with E-state index in [1.165, 1.54) is 5.56 Å². The van der Waals surface area contributed by atoms with Crippen molar-refractivity contribution in [1.82, 2.24) is 0 Å². The van der Waals surface area contributed by atoms with Gasteiger partial charge >= 0.3 is 0 Å². The SMILES string of the molecule is CCCO/N=C(\COc1cccc(CC)c1)C1=CCC(Oc2ccccc2)=CC=C1.O=CO. The zero-order chi connectivity index (χ0) is 23.7. The zero-order valence-electron chi connectivity index (χ0n) is 19.1. The number of allylic oxidation sites excluding steroid dienone is 4. The van der Waals surface area contributed by atoms with Crippen molar-refractivity contribution in [2.45, 2.75) is 33.1 Å². The van der Waals surface area contributed by atoms with Gasteiger partial charge in [0.15, 0.2) is 0 Å². The van der Waals surface area contributed by atoms with E-state index >= 15 is 0 Å². The molecule has 1 N–H and O–H groups in total. The first-order chi connectivity index (χ1) is 16.2. The molecule has 0 aromatic heterocycles. The summed E-state index contributed by atoms with van der Waals surface area (Å²) >= 11 is 0. The van der Waals surface area contributed by atoms with Crippen LogP contribution >= 0.6 is 0 Å². The topological polar surface area (TPSA) is 77.3 Å². The molecule has 0 heterocycles. The average Bonchev–Trinajstić information content (AvgIpc) is 3.08. The normalized spacial score (nSPS) is 13.0. The number of nitrogens with zero attached hydrogens (tertiary/aromatic N) is 1. The van der Waals surface area contributed by atoms with E-state index < -0.39 is 0 Å². The third kappa shape index (κ3) is 9.47. The van der Waals surface area contributed by atoms with Gasteiger partial charge in [-0.25, -0.2) is 0 Å². The number of aryl methyl sites for hydroxylation is 1. The van der Waals surface area contributed by atoms with Crippen molar-refractivity contribution in [2.24, 2.45) is 5.16 Å². The lowest BCUT2D eigenvalue weighted by Crippen LogP contribution is -2.14. The van der Waals surface area contributed by atoms with Crippen LogP contribution in [0.25, 0.3) is 0 Å². The number of hydrogen-bond donors (Lipinski definition) is 1. The molecule has 0 atom stereocenters. The molecule has 0 unspecified atom stereocenters. The molecule has 1 aliphatic carbocycles. The Bertz CT molecular complexity index is 977. The van der Waals surface area contributed by atoms with Gasteiger partial charge in [0, 0.05) is 6.42 Å². The van der Waals surface area contributed by atoms with Gasteiger partial charge in [-0.3, -0.25) is 4.79 Å². The van der Waals surface area contributed by atoms with Gasteiger partial charge in [0.1, 0.15) is 36.2 Å². The highest BCUT2D eigenvalue weighted by Crippen LogP contribution is 2.20. The van der Waals surface area contributed by atoms with Crippen molar-refractivity contribution >= 4 is 12.2 Å². The summed E-state index contributed by atoms with van der Waals surface area (Å²) in [7, 11) is 0. The standard InChI is InChI=1S/C26H29NO3.CH2O2/c1-3-18-29-27-26(20-28-25-15-8-10-21(4-2)19-25)22-11-9-14-24(17-16-22)30-23-12-6-5-7-13-23;2-1-3/h5-16,19H,3-4,17-18,20H2,1-2H3;1H,(H,2,3)/b27-26+;. The van der Waals surface area contributed by atoms with E-state index in [-0.39, 0.29) is 6.47 Å². The number of carboxylic acid groups (broad SMARTS) is 1. The zero-order valence-corrected chi connectivity index (χ0v) is 19.1. The second-order valence-corrected chi connectivity index (χ2v) is 7.04. The fraction of sp³-hybridized carbons (Fsp3) is 0.259. The minimum Gasteiger partial charge on any atom is -0.487 e. The molecule has 0 amide bonds. The van der Waals surface area contributed by atoms with Crippen LogP contribution in [0.15, 0.2) is 95.4 Å². The van der Waals surface area contributed by atoms with Gasteiger partial charge in [-0.2, -0.15) is 0 Å². The predicted molar refractivity (Wildman–Crippen MR) is 131 cm³/mol. The number of hydrogen-bond acceptors (Lipinski definition) is 5. The van der Waals surface area contributed by atoms with Crippen LogP contribution in [0.4, 0.5) is 0 Å². The Morgan fingerprint density at radius 3 is 2.58 bits per heavy atom. The summed E-state index contributed by atoms with van der Waals surface area (Å²) in [5, 5.41) is 11.2. The molecule has 2 aromatic carbocycles. The van der Waals surface area contributed by atoms with E-state index in [4.69, 9.17) is 24.2 Å². The van der Waals surface area contributed by atoms with Crippen molar-refractivity contribution < 1.29 is 24.2 Å². The van der Waals surface area contributed by atoms with Gasteiger partial charge in [0.05, 0.1) is 0 Å². The molecule has 0 radical (unpaired) electrons. The minimum atomic E-state index is -0.250. The van der Waals surface area contributed by atoms with Crippen LogP contribution in [0, 0.1) is 0 Å². The molecule has 33 heavy (non-hydrogen) atoms. The average molecular weight is 450 g/mol. The van der Waals surface area contributed by atoms with Crippen LogP contribution in [0.2, 0.25) is 0 Å². The summed E-state index contributed by atoms with van der Waals surface area (Å²) in [6, 6.07) is 17.9. The molecular weight excluding hydrogens is 418 g/mol.